The Morgan fingerprint density at radius 2 is 2.00 bits per heavy atom. The van der Waals surface area contributed by atoms with E-state index in [4.69, 9.17) is 22.1 Å². The lowest BCUT2D eigenvalue weighted by Gasteiger charge is -2.30. The molecule has 2 atom stereocenters. The van der Waals surface area contributed by atoms with Crippen LogP contribution in [0.4, 0.5) is 4.79 Å². The van der Waals surface area contributed by atoms with Crippen molar-refractivity contribution in [1.29, 1.82) is 0 Å². The first-order chi connectivity index (χ1) is 9.76. The highest BCUT2D eigenvalue weighted by Gasteiger charge is 2.37. The predicted octanol–water partition coefficient (Wildman–Crippen LogP) is 3.22. The maximum Gasteiger partial charge on any atom is 0.410 e. The molecule has 5 heteroatoms. The number of benzene rings is 1. The summed E-state index contributed by atoms with van der Waals surface area (Å²) in [4.78, 5) is 14.0. The Balaban J connectivity index is 2.08. The third-order valence-corrected chi connectivity index (χ3v) is 3.84. The molecule has 0 spiro atoms. The highest BCUT2D eigenvalue weighted by atomic mass is 35.5. The average molecular weight is 311 g/mol. The molecule has 1 fully saturated rings. The van der Waals surface area contributed by atoms with Crippen LogP contribution in [0.15, 0.2) is 24.3 Å². The summed E-state index contributed by atoms with van der Waals surface area (Å²) in [6.45, 7) is 6.26. The number of likely N-dealkylation sites (tertiary alicyclic amines) is 1. The minimum absolute atomic E-state index is 0.0202. The van der Waals surface area contributed by atoms with Crippen LogP contribution in [0.1, 0.15) is 32.8 Å². The monoisotopic (exact) mass is 310 g/mol. The van der Waals surface area contributed by atoms with Crippen molar-refractivity contribution in [1.82, 2.24) is 4.90 Å². The van der Waals surface area contributed by atoms with Crippen molar-refractivity contribution in [2.75, 3.05) is 6.54 Å². The molecule has 2 N–H and O–H groups in total. The van der Waals surface area contributed by atoms with Crippen LogP contribution in [0.25, 0.3) is 0 Å². The first-order valence-electron chi connectivity index (χ1n) is 7.26. The number of nitrogens with two attached hydrogens (primary N) is 1. The van der Waals surface area contributed by atoms with E-state index in [-0.39, 0.29) is 18.2 Å². The summed E-state index contributed by atoms with van der Waals surface area (Å²) in [5.74, 6) is 0. The van der Waals surface area contributed by atoms with E-state index in [1.807, 2.05) is 45.0 Å². The Hall–Kier alpha value is -1.26. The molecule has 0 bridgehead atoms. The van der Waals surface area contributed by atoms with Crippen LogP contribution < -0.4 is 5.73 Å². The zero-order chi connectivity index (χ0) is 15.6. The van der Waals surface area contributed by atoms with E-state index in [0.717, 1.165) is 18.4 Å². The largest absolute Gasteiger partial charge is 0.444 e. The minimum Gasteiger partial charge on any atom is -0.444 e. The van der Waals surface area contributed by atoms with Gasteiger partial charge in [0.25, 0.3) is 0 Å². The first kappa shape index (κ1) is 16.1. The molecule has 1 saturated heterocycles. The van der Waals surface area contributed by atoms with E-state index >= 15 is 0 Å². The van der Waals surface area contributed by atoms with E-state index in [9.17, 15) is 4.79 Å². The van der Waals surface area contributed by atoms with Crippen LogP contribution in [-0.2, 0) is 11.2 Å². The fraction of sp³-hybridized carbons (Fsp3) is 0.562. The lowest BCUT2D eigenvalue weighted by atomic mass is 10.0. The van der Waals surface area contributed by atoms with Crippen molar-refractivity contribution < 1.29 is 9.53 Å². The van der Waals surface area contributed by atoms with E-state index in [1.54, 1.807) is 4.90 Å². The third kappa shape index (κ3) is 4.35. The molecule has 0 radical (unpaired) electrons. The smallest absolute Gasteiger partial charge is 0.410 e. The van der Waals surface area contributed by atoms with Gasteiger partial charge in [0.1, 0.15) is 5.60 Å². The van der Waals surface area contributed by atoms with Crippen LogP contribution in [-0.4, -0.2) is 35.2 Å². The minimum atomic E-state index is -0.491. The molecule has 1 aliphatic heterocycles. The summed E-state index contributed by atoms with van der Waals surface area (Å²) < 4.78 is 5.47. The van der Waals surface area contributed by atoms with Crippen LogP contribution in [0.3, 0.4) is 0 Å². The number of hydrogen-bond donors (Lipinski definition) is 1. The predicted molar refractivity (Wildman–Crippen MR) is 84.5 cm³/mol. The van der Waals surface area contributed by atoms with Gasteiger partial charge in [0, 0.05) is 17.6 Å². The summed E-state index contributed by atoms with van der Waals surface area (Å²) in [6.07, 6.45) is 1.24. The SMILES string of the molecule is CC(C)(C)OC(=O)N1CC[C@@H](N)[C@@H]1Cc1ccc(Cl)cc1. The number of nitrogens with zero attached hydrogens (tertiary/aromatic N) is 1. The molecule has 0 aromatic heterocycles. The molecule has 1 heterocycles. The molecular weight excluding hydrogens is 288 g/mol. The highest BCUT2D eigenvalue weighted by molar-refractivity contribution is 6.30. The number of carbonyl (C=O) groups excluding carboxylic acids is 1. The Morgan fingerprint density at radius 1 is 1.38 bits per heavy atom. The van der Waals surface area contributed by atoms with E-state index in [2.05, 4.69) is 0 Å². The lowest BCUT2D eigenvalue weighted by molar-refractivity contribution is 0.0220. The van der Waals surface area contributed by atoms with Crippen LogP contribution in [0.2, 0.25) is 5.02 Å². The molecule has 2 rings (SSSR count). The normalized spacial score (nSPS) is 22.4. The fourth-order valence-corrected chi connectivity index (χ4v) is 2.67. The third-order valence-electron chi connectivity index (χ3n) is 3.58. The topological polar surface area (TPSA) is 55.6 Å². The van der Waals surface area contributed by atoms with Gasteiger partial charge in [-0.05, 0) is 51.3 Å². The number of hydrogen-bond acceptors (Lipinski definition) is 3. The Morgan fingerprint density at radius 3 is 2.57 bits per heavy atom. The Kier molecular flexibility index (Phi) is 4.79. The molecule has 0 aliphatic carbocycles. The van der Waals surface area contributed by atoms with Crippen molar-refractivity contribution in [3.63, 3.8) is 0 Å². The molecule has 1 aromatic rings. The van der Waals surface area contributed by atoms with Gasteiger partial charge in [0.05, 0.1) is 6.04 Å². The first-order valence-corrected chi connectivity index (χ1v) is 7.64. The van der Waals surface area contributed by atoms with Gasteiger partial charge < -0.3 is 15.4 Å². The van der Waals surface area contributed by atoms with Crippen molar-refractivity contribution >= 4 is 17.7 Å². The number of amides is 1. The molecule has 0 unspecified atom stereocenters. The highest BCUT2D eigenvalue weighted by Crippen LogP contribution is 2.23. The summed E-state index contributed by atoms with van der Waals surface area (Å²) in [5, 5.41) is 0.707. The second-order valence-corrected chi connectivity index (χ2v) is 6.96. The van der Waals surface area contributed by atoms with Gasteiger partial charge in [-0.1, -0.05) is 23.7 Å². The Labute approximate surface area is 131 Å². The van der Waals surface area contributed by atoms with Crippen LogP contribution in [0.5, 0.6) is 0 Å². The van der Waals surface area contributed by atoms with Gasteiger partial charge in [0.15, 0.2) is 0 Å². The molecule has 1 aliphatic rings. The van der Waals surface area contributed by atoms with Gasteiger partial charge in [-0.2, -0.15) is 0 Å². The van der Waals surface area contributed by atoms with Crippen LogP contribution >= 0.6 is 11.6 Å². The lowest BCUT2D eigenvalue weighted by Crippen LogP contribution is -2.46. The van der Waals surface area contributed by atoms with Gasteiger partial charge in [-0.3, -0.25) is 0 Å². The van der Waals surface area contributed by atoms with Crippen LogP contribution in [0, 0.1) is 0 Å². The summed E-state index contributed by atoms with van der Waals surface area (Å²) >= 11 is 5.90. The van der Waals surface area contributed by atoms with Crippen molar-refractivity contribution in [2.45, 2.75) is 51.3 Å². The molecule has 116 valence electrons. The molecule has 1 amide bonds. The molecule has 1 aromatic carbocycles. The average Bonchev–Trinajstić information content (AvgIpc) is 2.72. The summed E-state index contributed by atoms with van der Waals surface area (Å²) in [6, 6.07) is 7.61. The summed E-state index contributed by atoms with van der Waals surface area (Å²) in [7, 11) is 0. The number of carbonyl (C=O) groups is 1. The summed E-state index contributed by atoms with van der Waals surface area (Å²) in [5.41, 5.74) is 6.80. The standard InChI is InChI=1S/C16H23ClN2O2/c1-16(2,3)21-15(20)19-9-8-13(18)14(19)10-11-4-6-12(17)7-5-11/h4-7,13-14H,8-10,18H2,1-3H3/t13-,14+/m1/s1. The molecule has 21 heavy (non-hydrogen) atoms. The van der Waals surface area contributed by atoms with Gasteiger partial charge >= 0.3 is 6.09 Å². The second kappa shape index (κ2) is 6.24. The maximum absolute atomic E-state index is 12.3. The van der Waals surface area contributed by atoms with Gasteiger partial charge in [-0.15, -0.1) is 0 Å². The molecular formula is C16H23ClN2O2. The van der Waals surface area contributed by atoms with E-state index < -0.39 is 5.60 Å². The van der Waals surface area contributed by atoms with Crippen molar-refractivity contribution in [3.8, 4) is 0 Å². The number of rotatable bonds is 2. The maximum atomic E-state index is 12.3. The fourth-order valence-electron chi connectivity index (χ4n) is 2.55. The number of ether oxygens (including phenoxy) is 1. The quantitative estimate of drug-likeness (QED) is 0.912. The Bertz CT molecular complexity index is 496. The van der Waals surface area contributed by atoms with Crippen molar-refractivity contribution in [2.24, 2.45) is 5.73 Å². The van der Waals surface area contributed by atoms with Gasteiger partial charge in [0.2, 0.25) is 0 Å². The van der Waals surface area contributed by atoms with E-state index in [0.29, 0.717) is 11.6 Å². The zero-order valence-electron chi connectivity index (χ0n) is 12.8. The van der Waals surface area contributed by atoms with Gasteiger partial charge in [-0.25, -0.2) is 4.79 Å². The van der Waals surface area contributed by atoms with E-state index in [1.165, 1.54) is 0 Å². The second-order valence-electron chi connectivity index (χ2n) is 6.52. The molecule has 4 nitrogen and oxygen atoms in total. The van der Waals surface area contributed by atoms with Crippen molar-refractivity contribution in [3.05, 3.63) is 34.9 Å². The zero-order valence-corrected chi connectivity index (χ0v) is 13.6. The molecule has 0 saturated carbocycles. The number of halogens is 1.